The Morgan fingerprint density at radius 3 is 2.25 bits per heavy atom. The lowest BCUT2D eigenvalue weighted by atomic mass is 10.0. The first-order valence-corrected chi connectivity index (χ1v) is 12.3. The number of hydrogen-bond acceptors (Lipinski definition) is 7. The number of methoxy groups -OCH3 is 1. The summed E-state index contributed by atoms with van der Waals surface area (Å²) in [5.41, 5.74) is 3.29. The number of nitrogens with one attached hydrogen (secondary N) is 1. The summed E-state index contributed by atoms with van der Waals surface area (Å²) in [5.74, 6) is 0.232. The van der Waals surface area contributed by atoms with Crippen LogP contribution in [0.4, 0.5) is 9.59 Å². The van der Waals surface area contributed by atoms with Crippen LogP contribution in [0.25, 0.3) is 28.2 Å². The highest BCUT2D eigenvalue weighted by molar-refractivity contribution is 6.17. The molecule has 0 atom stereocenters. The average molecular weight is 542 g/mol. The van der Waals surface area contributed by atoms with Crippen LogP contribution in [0.3, 0.4) is 0 Å². The van der Waals surface area contributed by atoms with E-state index in [0.717, 1.165) is 22.2 Å². The number of aromatic nitrogens is 1. The summed E-state index contributed by atoms with van der Waals surface area (Å²) in [6.07, 6.45) is 0.287. The molecule has 204 valence electrons. The number of fused-ring (bicyclic) bond motifs is 2. The van der Waals surface area contributed by atoms with Gasteiger partial charge < -0.3 is 33.7 Å². The third-order valence-corrected chi connectivity index (χ3v) is 6.23. The Kier molecular flexibility index (Phi) is 6.91. The Morgan fingerprint density at radius 1 is 0.875 bits per heavy atom. The number of benzene rings is 3. The molecule has 40 heavy (non-hydrogen) atoms. The van der Waals surface area contributed by atoms with E-state index in [1.807, 2.05) is 48.5 Å². The van der Waals surface area contributed by atoms with Crippen molar-refractivity contribution in [2.24, 2.45) is 0 Å². The van der Waals surface area contributed by atoms with E-state index in [-0.39, 0.29) is 28.6 Å². The topological polar surface area (TPSA) is 110 Å². The molecule has 0 radical (unpaired) electrons. The molecule has 10 heteroatoms. The Bertz CT molecular complexity index is 1670. The van der Waals surface area contributed by atoms with Crippen LogP contribution in [0.5, 0.6) is 23.0 Å². The van der Waals surface area contributed by atoms with Gasteiger partial charge in [0.1, 0.15) is 22.8 Å². The molecule has 0 aliphatic carbocycles. The monoisotopic (exact) mass is 541 g/mol. The number of rotatable bonds is 5. The van der Waals surface area contributed by atoms with Crippen molar-refractivity contribution in [1.82, 2.24) is 14.8 Å². The van der Waals surface area contributed by atoms with Gasteiger partial charge in [-0.25, -0.2) is 9.59 Å². The number of carbonyl (C=O) groups is 3. The third-order valence-electron chi connectivity index (χ3n) is 6.23. The summed E-state index contributed by atoms with van der Waals surface area (Å²) < 4.78 is 22.3. The van der Waals surface area contributed by atoms with Crippen LogP contribution < -0.4 is 18.9 Å². The second-order valence-corrected chi connectivity index (χ2v) is 9.45. The zero-order valence-electron chi connectivity index (χ0n) is 22.6. The van der Waals surface area contributed by atoms with Crippen molar-refractivity contribution in [2.45, 2.75) is 0 Å². The number of ether oxygens (including phenoxy) is 4. The number of hydrogen-bond donors (Lipinski definition) is 1. The van der Waals surface area contributed by atoms with Gasteiger partial charge in [-0.05, 0) is 29.8 Å². The maximum Gasteiger partial charge on any atom is 0.414 e. The molecule has 1 aliphatic rings. The first kappa shape index (κ1) is 26.4. The van der Waals surface area contributed by atoms with E-state index in [2.05, 4.69) is 4.98 Å². The molecule has 0 spiro atoms. The molecule has 0 saturated heterocycles. The van der Waals surface area contributed by atoms with Crippen LogP contribution in [0.1, 0.15) is 15.9 Å². The predicted molar refractivity (Wildman–Crippen MR) is 149 cm³/mol. The molecular weight excluding hydrogens is 514 g/mol. The van der Waals surface area contributed by atoms with Gasteiger partial charge >= 0.3 is 12.2 Å². The smallest absolute Gasteiger partial charge is 0.414 e. The lowest BCUT2D eigenvalue weighted by molar-refractivity contribution is 0.101. The van der Waals surface area contributed by atoms with E-state index < -0.39 is 18.0 Å². The quantitative estimate of drug-likeness (QED) is 0.329. The Hall–Kier alpha value is -5.25. The van der Waals surface area contributed by atoms with Crippen LogP contribution in [-0.4, -0.2) is 68.1 Å². The fourth-order valence-corrected chi connectivity index (χ4v) is 4.20. The van der Waals surface area contributed by atoms with Crippen molar-refractivity contribution in [3.63, 3.8) is 0 Å². The first-order valence-electron chi connectivity index (χ1n) is 12.3. The lowest BCUT2D eigenvalue weighted by Crippen LogP contribution is -2.26. The molecule has 5 rings (SSSR count). The summed E-state index contributed by atoms with van der Waals surface area (Å²) in [4.78, 5) is 44.2. The Labute approximate surface area is 230 Å². The normalized spacial score (nSPS) is 13.1. The zero-order valence-corrected chi connectivity index (χ0v) is 22.6. The van der Waals surface area contributed by atoms with Crippen molar-refractivity contribution < 1.29 is 33.3 Å². The largest absolute Gasteiger partial charge is 0.497 e. The summed E-state index contributed by atoms with van der Waals surface area (Å²) in [5, 5.41) is 0.818. The Balaban J connectivity index is 1.64. The van der Waals surface area contributed by atoms with Gasteiger partial charge in [-0.1, -0.05) is 30.3 Å². The van der Waals surface area contributed by atoms with Gasteiger partial charge in [-0.2, -0.15) is 0 Å². The summed E-state index contributed by atoms with van der Waals surface area (Å²) in [7, 11) is 7.67. The average Bonchev–Trinajstić information content (AvgIpc) is 3.45. The van der Waals surface area contributed by atoms with Crippen LogP contribution in [-0.2, 0) is 0 Å². The van der Waals surface area contributed by atoms with Crippen LogP contribution in [0, 0.1) is 0 Å². The number of Topliss-reactive ketones (excluding diaryl/α,β-unsaturated/α-hetero) is 1. The molecule has 0 fully saturated rings. The highest BCUT2D eigenvalue weighted by atomic mass is 16.6. The predicted octanol–water partition coefficient (Wildman–Crippen LogP) is 5.58. The molecule has 1 aliphatic heterocycles. The summed E-state index contributed by atoms with van der Waals surface area (Å²) in [6, 6.07) is 18.0. The van der Waals surface area contributed by atoms with Gasteiger partial charge in [-0.15, -0.1) is 0 Å². The summed E-state index contributed by atoms with van der Waals surface area (Å²) >= 11 is 0. The minimum atomic E-state index is -0.710. The fourth-order valence-electron chi connectivity index (χ4n) is 4.20. The summed E-state index contributed by atoms with van der Waals surface area (Å²) in [6.45, 7) is 0. The Morgan fingerprint density at radius 2 is 1.57 bits per heavy atom. The van der Waals surface area contributed by atoms with Gasteiger partial charge in [0.15, 0.2) is 11.5 Å². The van der Waals surface area contributed by atoms with Gasteiger partial charge in [0, 0.05) is 56.8 Å². The minimum Gasteiger partial charge on any atom is -0.497 e. The van der Waals surface area contributed by atoms with E-state index in [9.17, 15) is 14.4 Å². The fraction of sp³-hybridized carbons (Fsp3) is 0.167. The number of aromatic amines is 1. The number of carbonyl (C=O) groups excluding carboxylic acids is 3. The molecule has 10 nitrogen and oxygen atoms in total. The molecule has 3 aromatic carbocycles. The highest BCUT2D eigenvalue weighted by Gasteiger charge is 2.34. The molecule has 1 aromatic heterocycles. The van der Waals surface area contributed by atoms with Crippen molar-refractivity contribution in [1.29, 1.82) is 0 Å². The molecular formula is C30H27N3O7. The van der Waals surface area contributed by atoms with Crippen molar-refractivity contribution >= 4 is 34.9 Å². The maximum atomic E-state index is 13.7. The number of H-pyrrole nitrogens is 1. The van der Waals surface area contributed by atoms with Gasteiger partial charge in [0.25, 0.3) is 0 Å². The molecule has 4 aromatic rings. The molecule has 0 unspecified atom stereocenters. The minimum absolute atomic E-state index is 0.00846. The van der Waals surface area contributed by atoms with Crippen LogP contribution in [0.2, 0.25) is 0 Å². The van der Waals surface area contributed by atoms with Crippen LogP contribution in [0.15, 0.2) is 66.4 Å². The van der Waals surface area contributed by atoms with Crippen LogP contribution >= 0.6 is 0 Å². The SMILES string of the molecule is COc1ccc2[nH]c(-c3ccccc3)c(C=C3Oc4cc(OC(=O)N(C)C)cc(OC(=O)N(C)C)c4C3=O)c2c1. The number of amides is 2. The lowest BCUT2D eigenvalue weighted by Gasteiger charge is -2.15. The maximum absolute atomic E-state index is 13.7. The zero-order chi connectivity index (χ0) is 28.6. The van der Waals surface area contributed by atoms with E-state index in [4.69, 9.17) is 18.9 Å². The molecule has 0 bridgehead atoms. The van der Waals surface area contributed by atoms with Crippen molar-refractivity contribution in [2.75, 3.05) is 35.3 Å². The van der Waals surface area contributed by atoms with Crippen molar-refractivity contribution in [3.8, 4) is 34.3 Å². The number of nitrogens with zero attached hydrogens (tertiary/aromatic N) is 2. The van der Waals surface area contributed by atoms with E-state index in [1.165, 1.54) is 50.1 Å². The van der Waals surface area contributed by atoms with Crippen molar-refractivity contribution in [3.05, 3.63) is 77.5 Å². The van der Waals surface area contributed by atoms with E-state index in [1.54, 1.807) is 13.2 Å². The molecule has 2 heterocycles. The highest BCUT2D eigenvalue weighted by Crippen LogP contribution is 2.43. The van der Waals surface area contributed by atoms with Gasteiger partial charge in [0.2, 0.25) is 5.78 Å². The second-order valence-electron chi connectivity index (χ2n) is 9.45. The van der Waals surface area contributed by atoms with E-state index >= 15 is 0 Å². The standard InChI is InChI=1S/C30H27N3O7/c1-32(2)29(35)38-19-14-23-26(24(15-19)40-30(36)33(3)4)28(34)25(39-23)16-21-20-13-18(37-5)11-12-22(20)31-27(21)17-9-7-6-8-10-17/h6-16,31H,1-5H3. The van der Waals surface area contributed by atoms with E-state index in [0.29, 0.717) is 11.3 Å². The molecule has 1 N–H and O–H groups in total. The molecule has 0 saturated carbocycles. The van der Waals surface area contributed by atoms with Gasteiger partial charge in [-0.3, -0.25) is 4.79 Å². The molecule has 2 amide bonds. The number of allylic oxidation sites excluding steroid dienone is 1. The second kappa shape index (κ2) is 10.5. The third kappa shape index (κ3) is 4.94. The van der Waals surface area contributed by atoms with Gasteiger partial charge in [0.05, 0.1) is 12.8 Å². The number of ketones is 1. The first-order chi connectivity index (χ1) is 19.2.